The summed E-state index contributed by atoms with van der Waals surface area (Å²) in [5.41, 5.74) is 1.59. The minimum atomic E-state index is -0.400. The van der Waals surface area contributed by atoms with E-state index in [1.165, 1.54) is 7.11 Å². The monoisotopic (exact) mass is 499 g/mol. The number of aromatic nitrogens is 3. The van der Waals surface area contributed by atoms with E-state index in [4.69, 9.17) is 32.8 Å². The van der Waals surface area contributed by atoms with Crippen molar-refractivity contribution in [3.8, 4) is 16.9 Å². The van der Waals surface area contributed by atoms with E-state index in [0.717, 1.165) is 22.7 Å². The molecule has 0 amide bonds. The van der Waals surface area contributed by atoms with Crippen molar-refractivity contribution in [2.75, 3.05) is 39.7 Å². The average Bonchev–Trinajstić information content (AvgIpc) is 2.80. The maximum Gasteiger partial charge on any atom is 0.293 e. The van der Waals surface area contributed by atoms with Crippen molar-refractivity contribution < 1.29 is 9.57 Å². The Kier molecular flexibility index (Phi) is 7.21. The number of hydrogen-bond donors (Lipinski definition) is 1. The van der Waals surface area contributed by atoms with Gasteiger partial charge in [0.1, 0.15) is 19.5 Å². The lowest BCUT2D eigenvalue weighted by Gasteiger charge is -2.13. The molecule has 0 spiro atoms. The number of fused-ring (bicyclic) bond motifs is 1. The van der Waals surface area contributed by atoms with Crippen molar-refractivity contribution >= 4 is 45.9 Å². The first-order valence-corrected chi connectivity index (χ1v) is 11.2. The SMILES string of the molecule is COn1c(=O)c(-c2ccc(Cl)cc2Cl)cc2cnc(Nc3ccc(OCCN(C)C)cc3)nc21. The molecule has 2 aromatic heterocycles. The smallest absolute Gasteiger partial charge is 0.293 e. The van der Waals surface area contributed by atoms with Crippen LogP contribution in [0.3, 0.4) is 0 Å². The summed E-state index contributed by atoms with van der Waals surface area (Å²) < 4.78 is 6.83. The van der Waals surface area contributed by atoms with Crippen LogP contribution in [-0.2, 0) is 0 Å². The third kappa shape index (κ3) is 5.25. The highest BCUT2D eigenvalue weighted by molar-refractivity contribution is 6.36. The Labute approximate surface area is 206 Å². The van der Waals surface area contributed by atoms with Crippen molar-refractivity contribution in [3.63, 3.8) is 0 Å². The topological polar surface area (TPSA) is 81.5 Å². The fourth-order valence-electron chi connectivity index (χ4n) is 3.31. The van der Waals surface area contributed by atoms with Crippen LogP contribution in [0, 0.1) is 0 Å². The van der Waals surface area contributed by atoms with Crippen LogP contribution in [0.1, 0.15) is 0 Å². The van der Waals surface area contributed by atoms with Crippen molar-refractivity contribution in [2.45, 2.75) is 0 Å². The maximum atomic E-state index is 13.1. The molecular formula is C24H23Cl2N5O3. The van der Waals surface area contributed by atoms with E-state index in [9.17, 15) is 4.79 Å². The van der Waals surface area contributed by atoms with Gasteiger partial charge in [-0.3, -0.25) is 4.79 Å². The Morgan fingerprint density at radius 1 is 1.06 bits per heavy atom. The van der Waals surface area contributed by atoms with Crippen molar-refractivity contribution in [3.05, 3.63) is 75.1 Å². The van der Waals surface area contributed by atoms with Gasteiger partial charge in [0.05, 0.1) is 10.6 Å². The van der Waals surface area contributed by atoms with Crippen LogP contribution in [0.4, 0.5) is 11.6 Å². The van der Waals surface area contributed by atoms with E-state index in [1.54, 1.807) is 30.5 Å². The van der Waals surface area contributed by atoms with Crippen LogP contribution in [0.25, 0.3) is 22.2 Å². The summed E-state index contributed by atoms with van der Waals surface area (Å²) >= 11 is 12.3. The summed E-state index contributed by atoms with van der Waals surface area (Å²) in [5, 5.41) is 4.59. The van der Waals surface area contributed by atoms with Crippen LogP contribution in [-0.4, -0.2) is 54.0 Å². The number of anilines is 2. The molecule has 0 unspecified atom stereocenters. The van der Waals surface area contributed by atoms with E-state index in [-0.39, 0.29) is 0 Å². The van der Waals surface area contributed by atoms with Gasteiger partial charge in [0.25, 0.3) is 5.56 Å². The first-order valence-electron chi connectivity index (χ1n) is 10.4. The largest absolute Gasteiger partial charge is 0.492 e. The molecule has 176 valence electrons. The lowest BCUT2D eigenvalue weighted by atomic mass is 10.1. The van der Waals surface area contributed by atoms with E-state index < -0.39 is 5.56 Å². The Balaban J connectivity index is 1.62. The molecule has 0 aliphatic rings. The molecule has 0 saturated heterocycles. The predicted octanol–water partition coefficient (Wildman–Crippen LogP) is 4.51. The zero-order chi connectivity index (χ0) is 24.2. The van der Waals surface area contributed by atoms with Gasteiger partial charge in [-0.05, 0) is 56.6 Å². The molecule has 0 radical (unpaired) electrons. The molecule has 0 atom stereocenters. The van der Waals surface area contributed by atoms with Crippen molar-refractivity contribution in [2.24, 2.45) is 0 Å². The third-order valence-corrected chi connectivity index (χ3v) is 5.57. The van der Waals surface area contributed by atoms with Gasteiger partial charge in [0.2, 0.25) is 5.95 Å². The van der Waals surface area contributed by atoms with Gasteiger partial charge in [-0.25, -0.2) is 4.98 Å². The van der Waals surface area contributed by atoms with Gasteiger partial charge < -0.3 is 19.8 Å². The summed E-state index contributed by atoms with van der Waals surface area (Å²) in [6.07, 6.45) is 1.62. The molecule has 2 aromatic carbocycles. The van der Waals surface area contributed by atoms with Gasteiger partial charge in [-0.15, -0.1) is 4.73 Å². The Morgan fingerprint density at radius 3 is 2.50 bits per heavy atom. The van der Waals surface area contributed by atoms with E-state index in [0.29, 0.717) is 44.8 Å². The molecule has 2 heterocycles. The normalized spacial score (nSPS) is 11.1. The van der Waals surface area contributed by atoms with Crippen molar-refractivity contribution in [1.82, 2.24) is 19.6 Å². The van der Waals surface area contributed by atoms with Crippen LogP contribution < -0.4 is 20.5 Å². The zero-order valence-corrected chi connectivity index (χ0v) is 20.4. The number of nitrogens with zero attached hydrogens (tertiary/aromatic N) is 4. The summed E-state index contributed by atoms with van der Waals surface area (Å²) in [4.78, 5) is 29.4. The maximum absolute atomic E-state index is 13.1. The molecule has 4 aromatic rings. The van der Waals surface area contributed by atoms with Gasteiger partial charge >= 0.3 is 0 Å². The minimum Gasteiger partial charge on any atom is -0.492 e. The minimum absolute atomic E-state index is 0.316. The second kappa shape index (κ2) is 10.3. The average molecular weight is 500 g/mol. The molecule has 0 aliphatic carbocycles. The summed E-state index contributed by atoms with van der Waals surface area (Å²) in [6.45, 7) is 1.43. The fourth-order valence-corrected chi connectivity index (χ4v) is 3.82. The molecule has 0 bridgehead atoms. The van der Waals surface area contributed by atoms with Gasteiger partial charge in [0, 0.05) is 34.4 Å². The highest BCUT2D eigenvalue weighted by Crippen LogP contribution is 2.30. The second-order valence-corrected chi connectivity index (χ2v) is 8.58. The number of halogens is 2. The molecule has 0 aliphatic heterocycles. The van der Waals surface area contributed by atoms with Gasteiger partial charge in [-0.1, -0.05) is 29.3 Å². The first-order chi connectivity index (χ1) is 16.4. The molecule has 4 rings (SSSR count). The molecule has 10 heteroatoms. The first kappa shape index (κ1) is 23.8. The number of hydrogen-bond acceptors (Lipinski definition) is 7. The molecule has 34 heavy (non-hydrogen) atoms. The number of benzene rings is 2. The van der Waals surface area contributed by atoms with E-state index >= 15 is 0 Å². The Morgan fingerprint density at radius 2 is 1.82 bits per heavy atom. The summed E-state index contributed by atoms with van der Waals surface area (Å²) in [7, 11) is 5.39. The predicted molar refractivity (Wildman–Crippen MR) is 136 cm³/mol. The third-order valence-electron chi connectivity index (χ3n) is 5.02. The highest BCUT2D eigenvalue weighted by atomic mass is 35.5. The number of nitrogens with one attached hydrogen (secondary N) is 1. The Bertz CT molecular complexity index is 1370. The second-order valence-electron chi connectivity index (χ2n) is 7.74. The van der Waals surface area contributed by atoms with E-state index in [1.807, 2.05) is 38.4 Å². The standard InChI is InChI=1S/C24H23Cl2N5O3/c1-30(2)10-11-34-18-7-5-17(6-8-18)28-24-27-14-15-12-20(19-9-4-16(25)13-21(19)26)23(32)31(33-3)22(15)29-24/h4-9,12-14H,10-11H2,1-3H3,(H,27,28,29). The highest BCUT2D eigenvalue weighted by Gasteiger charge is 2.16. The number of ether oxygens (including phenoxy) is 1. The van der Waals surface area contributed by atoms with Gasteiger partial charge in [-0.2, -0.15) is 4.98 Å². The zero-order valence-electron chi connectivity index (χ0n) is 18.9. The summed E-state index contributed by atoms with van der Waals surface area (Å²) in [5.74, 6) is 1.09. The number of likely N-dealkylation sites (N-methyl/N-ethyl adjacent to an activating group) is 1. The van der Waals surface area contributed by atoms with Crippen LogP contribution in [0.2, 0.25) is 10.0 Å². The van der Waals surface area contributed by atoms with Crippen molar-refractivity contribution in [1.29, 1.82) is 0 Å². The quantitative estimate of drug-likeness (QED) is 0.381. The van der Waals surface area contributed by atoms with E-state index in [2.05, 4.69) is 20.2 Å². The fraction of sp³-hybridized carbons (Fsp3) is 0.208. The Hall–Kier alpha value is -3.33. The summed E-state index contributed by atoms with van der Waals surface area (Å²) in [6, 6.07) is 14.1. The molecular weight excluding hydrogens is 477 g/mol. The number of rotatable bonds is 8. The molecule has 0 fully saturated rings. The van der Waals surface area contributed by atoms with Crippen LogP contribution >= 0.6 is 23.2 Å². The molecule has 8 nitrogen and oxygen atoms in total. The van der Waals surface area contributed by atoms with Crippen LogP contribution in [0.5, 0.6) is 5.75 Å². The molecule has 0 saturated carbocycles. The van der Waals surface area contributed by atoms with Gasteiger partial charge in [0.15, 0.2) is 5.65 Å². The van der Waals surface area contributed by atoms with Crippen LogP contribution in [0.15, 0.2) is 59.5 Å². The molecule has 1 N–H and O–H groups in total. The lowest BCUT2D eigenvalue weighted by Crippen LogP contribution is -2.27. The number of pyridine rings is 1. The lowest BCUT2D eigenvalue weighted by molar-refractivity contribution is 0.168.